The van der Waals surface area contributed by atoms with Crippen molar-refractivity contribution in [1.29, 1.82) is 0 Å². The molecular formula is C25H21BrF2N4O3S2. The SMILES string of the molecule is O=C(C1CCN(S(=O)(=O)c2ccc(F)c(F)c2)CC1)N(Cc1cccnc1)c1nc2ccc(Br)cc2s1. The quantitative estimate of drug-likeness (QED) is 0.295. The average molecular weight is 608 g/mol. The lowest BCUT2D eigenvalue weighted by Crippen LogP contribution is -2.44. The molecule has 0 radical (unpaired) electrons. The van der Waals surface area contributed by atoms with E-state index in [0.29, 0.717) is 24.0 Å². The number of benzene rings is 2. The van der Waals surface area contributed by atoms with Gasteiger partial charge in [-0.15, -0.1) is 0 Å². The minimum Gasteiger partial charge on any atom is -0.283 e. The van der Waals surface area contributed by atoms with Crippen molar-refractivity contribution in [2.75, 3.05) is 18.0 Å². The summed E-state index contributed by atoms with van der Waals surface area (Å²) < 4.78 is 55.9. The van der Waals surface area contributed by atoms with Gasteiger partial charge in [-0.1, -0.05) is 33.3 Å². The predicted molar refractivity (Wildman–Crippen MR) is 141 cm³/mol. The molecule has 3 heterocycles. The van der Waals surface area contributed by atoms with Crippen LogP contribution in [0.5, 0.6) is 0 Å². The molecule has 5 rings (SSSR count). The van der Waals surface area contributed by atoms with Crippen molar-refractivity contribution in [2.45, 2.75) is 24.3 Å². The number of amides is 1. The molecule has 1 saturated heterocycles. The van der Waals surface area contributed by atoms with Crippen LogP contribution in [0.2, 0.25) is 0 Å². The number of thiazole rings is 1. The Labute approximate surface area is 224 Å². The first-order chi connectivity index (χ1) is 17.7. The second kappa shape index (κ2) is 10.5. The van der Waals surface area contributed by atoms with Crippen LogP contribution >= 0.6 is 27.3 Å². The topological polar surface area (TPSA) is 83.5 Å². The van der Waals surface area contributed by atoms with Crippen LogP contribution in [0, 0.1) is 17.6 Å². The van der Waals surface area contributed by atoms with Gasteiger partial charge in [-0.25, -0.2) is 22.2 Å². The van der Waals surface area contributed by atoms with Crippen LogP contribution < -0.4 is 4.90 Å². The Kier molecular flexibility index (Phi) is 7.35. The van der Waals surface area contributed by atoms with E-state index in [4.69, 9.17) is 0 Å². The molecule has 1 amide bonds. The summed E-state index contributed by atoms with van der Waals surface area (Å²) in [6.45, 7) is 0.456. The van der Waals surface area contributed by atoms with Gasteiger partial charge in [0, 0.05) is 35.9 Å². The Balaban J connectivity index is 1.37. The molecule has 0 bridgehead atoms. The molecule has 192 valence electrons. The summed E-state index contributed by atoms with van der Waals surface area (Å²) in [6, 6.07) is 11.9. The van der Waals surface area contributed by atoms with Gasteiger partial charge in [0.15, 0.2) is 16.8 Å². The van der Waals surface area contributed by atoms with Gasteiger partial charge in [0.2, 0.25) is 15.9 Å². The first-order valence-corrected chi connectivity index (χ1v) is 14.5. The highest BCUT2D eigenvalue weighted by molar-refractivity contribution is 9.10. The number of hydrogen-bond donors (Lipinski definition) is 0. The number of hydrogen-bond acceptors (Lipinski definition) is 6. The summed E-state index contributed by atoms with van der Waals surface area (Å²) in [7, 11) is -4.01. The number of fused-ring (bicyclic) bond motifs is 1. The van der Waals surface area contributed by atoms with Crippen LogP contribution in [-0.2, 0) is 21.4 Å². The molecule has 1 aliphatic heterocycles. The Morgan fingerprint density at radius 2 is 1.89 bits per heavy atom. The zero-order valence-corrected chi connectivity index (χ0v) is 22.6. The normalized spacial score (nSPS) is 15.2. The summed E-state index contributed by atoms with van der Waals surface area (Å²) in [5.74, 6) is -2.90. The second-order valence-electron chi connectivity index (χ2n) is 8.65. The van der Waals surface area contributed by atoms with Gasteiger partial charge in [0.25, 0.3) is 0 Å². The van der Waals surface area contributed by atoms with Crippen LogP contribution in [0.3, 0.4) is 0 Å². The number of piperidine rings is 1. The van der Waals surface area contributed by atoms with Gasteiger partial charge in [0.05, 0.1) is 21.7 Å². The van der Waals surface area contributed by atoms with Crippen molar-refractivity contribution in [3.05, 3.63) is 82.6 Å². The van der Waals surface area contributed by atoms with E-state index in [9.17, 15) is 22.0 Å². The van der Waals surface area contributed by atoms with Gasteiger partial charge < -0.3 is 0 Å². The summed E-state index contributed by atoms with van der Waals surface area (Å²) in [4.78, 5) is 23.9. The highest BCUT2D eigenvalue weighted by Gasteiger charge is 2.35. The maximum absolute atomic E-state index is 13.8. The molecule has 1 aliphatic rings. The summed E-state index contributed by atoms with van der Waals surface area (Å²) in [5, 5.41) is 0.554. The number of aromatic nitrogens is 2. The largest absolute Gasteiger partial charge is 0.283 e. The van der Waals surface area contributed by atoms with E-state index in [1.165, 1.54) is 15.6 Å². The van der Waals surface area contributed by atoms with Gasteiger partial charge >= 0.3 is 0 Å². The zero-order chi connectivity index (χ0) is 26.2. The first kappa shape index (κ1) is 25.8. The van der Waals surface area contributed by atoms with Crippen molar-refractivity contribution in [2.24, 2.45) is 5.92 Å². The van der Waals surface area contributed by atoms with Crippen LogP contribution in [0.1, 0.15) is 18.4 Å². The first-order valence-electron chi connectivity index (χ1n) is 11.4. The maximum atomic E-state index is 13.8. The average Bonchev–Trinajstić information content (AvgIpc) is 3.32. The molecule has 12 heteroatoms. The van der Waals surface area contributed by atoms with E-state index in [2.05, 4.69) is 25.9 Å². The third-order valence-electron chi connectivity index (χ3n) is 6.23. The van der Waals surface area contributed by atoms with Crippen LogP contribution in [-0.4, -0.2) is 41.7 Å². The van der Waals surface area contributed by atoms with Crippen molar-refractivity contribution in [3.8, 4) is 0 Å². The minimum absolute atomic E-state index is 0.0886. The molecule has 2 aromatic heterocycles. The highest BCUT2D eigenvalue weighted by atomic mass is 79.9. The fourth-order valence-electron chi connectivity index (χ4n) is 4.27. The molecule has 4 aromatic rings. The van der Waals surface area contributed by atoms with E-state index in [1.807, 2.05) is 24.3 Å². The van der Waals surface area contributed by atoms with Crippen molar-refractivity contribution in [3.63, 3.8) is 0 Å². The Bertz CT molecular complexity index is 1560. The number of rotatable bonds is 6. The monoisotopic (exact) mass is 606 g/mol. The smallest absolute Gasteiger partial charge is 0.243 e. The van der Waals surface area contributed by atoms with Gasteiger partial charge in [-0.2, -0.15) is 4.31 Å². The fraction of sp³-hybridized carbons (Fsp3) is 0.240. The molecule has 7 nitrogen and oxygen atoms in total. The number of anilines is 1. The number of carbonyl (C=O) groups excluding carboxylic acids is 1. The minimum atomic E-state index is -4.01. The van der Waals surface area contributed by atoms with E-state index < -0.39 is 27.6 Å². The molecule has 2 aromatic carbocycles. The van der Waals surface area contributed by atoms with E-state index in [0.717, 1.165) is 32.4 Å². The zero-order valence-electron chi connectivity index (χ0n) is 19.4. The molecule has 0 N–H and O–H groups in total. The lowest BCUT2D eigenvalue weighted by molar-refractivity contribution is -0.123. The third-order valence-corrected chi connectivity index (χ3v) is 9.66. The van der Waals surface area contributed by atoms with Crippen molar-refractivity contribution in [1.82, 2.24) is 14.3 Å². The molecule has 0 saturated carbocycles. The Morgan fingerprint density at radius 3 is 2.59 bits per heavy atom. The highest BCUT2D eigenvalue weighted by Crippen LogP contribution is 2.34. The van der Waals surface area contributed by atoms with Crippen LogP contribution in [0.15, 0.2) is 70.3 Å². The summed E-state index contributed by atoms with van der Waals surface area (Å²) >= 11 is 4.87. The van der Waals surface area contributed by atoms with Gasteiger partial charge in [-0.05, 0) is 60.9 Å². The van der Waals surface area contributed by atoms with E-state index in [1.54, 1.807) is 23.4 Å². The summed E-state index contributed by atoms with van der Waals surface area (Å²) in [6.07, 6.45) is 3.94. The Morgan fingerprint density at radius 1 is 1.11 bits per heavy atom. The number of pyridine rings is 1. The van der Waals surface area contributed by atoms with Crippen LogP contribution in [0.25, 0.3) is 10.2 Å². The lowest BCUT2D eigenvalue weighted by Gasteiger charge is -2.33. The summed E-state index contributed by atoms with van der Waals surface area (Å²) in [5.41, 5.74) is 1.62. The van der Waals surface area contributed by atoms with Crippen LogP contribution in [0.4, 0.5) is 13.9 Å². The van der Waals surface area contributed by atoms with E-state index >= 15 is 0 Å². The van der Waals surface area contributed by atoms with Gasteiger partial charge in [0.1, 0.15) is 0 Å². The molecule has 1 fully saturated rings. The molecule has 0 spiro atoms. The second-order valence-corrected chi connectivity index (χ2v) is 12.5. The molecule has 37 heavy (non-hydrogen) atoms. The van der Waals surface area contributed by atoms with Crippen molar-refractivity contribution < 1.29 is 22.0 Å². The molecule has 0 atom stereocenters. The predicted octanol–water partition coefficient (Wildman–Crippen LogP) is 5.37. The number of carbonyl (C=O) groups is 1. The van der Waals surface area contributed by atoms with Crippen molar-refractivity contribution >= 4 is 58.5 Å². The van der Waals surface area contributed by atoms with E-state index in [-0.39, 0.29) is 30.4 Å². The number of nitrogens with zero attached hydrogens (tertiary/aromatic N) is 4. The molecule has 0 unspecified atom stereocenters. The maximum Gasteiger partial charge on any atom is 0.243 e. The number of halogens is 3. The molecule has 0 aliphatic carbocycles. The Hall–Kier alpha value is -2.80. The number of sulfonamides is 1. The molecular weight excluding hydrogens is 586 g/mol. The lowest BCUT2D eigenvalue weighted by atomic mass is 9.96. The third kappa shape index (κ3) is 5.42. The standard InChI is InChI=1S/C25H21BrF2N4O3S2/c26-18-3-6-22-23(12-18)36-25(30-22)32(15-16-2-1-9-29-14-16)24(33)17-7-10-31(11-8-17)37(34,35)19-4-5-20(27)21(28)13-19/h1-6,9,12-14,17H,7-8,10-11,15H2. The fourth-order valence-corrected chi connectivity index (χ4v) is 7.27. The van der Waals surface area contributed by atoms with Gasteiger partial charge in [-0.3, -0.25) is 14.7 Å².